The zero-order valence-electron chi connectivity index (χ0n) is 15.3. The Balaban J connectivity index is 1.76. The molecule has 0 saturated carbocycles. The van der Waals surface area contributed by atoms with Crippen LogP contribution in [0.2, 0.25) is 0 Å². The third-order valence-electron chi connectivity index (χ3n) is 5.26. The lowest BCUT2D eigenvalue weighted by Crippen LogP contribution is -2.61. The van der Waals surface area contributed by atoms with Crippen molar-refractivity contribution >= 4 is 5.90 Å². The standard InChI is InChI=1S/C21H22FNO5/c1-12-23-21(20(27-12)19(26)18(25)17(11-24)28-21)15-7-8-16(22)14(10-15)9-13-5-3-2-4-6-13/h2-8,10,17-20,24-26H,9,11H2,1H3/t17-,18-,19+,20?,21?/m1/s1. The van der Waals surface area contributed by atoms with Crippen molar-refractivity contribution in [2.75, 3.05) is 6.61 Å². The Morgan fingerprint density at radius 1 is 1.11 bits per heavy atom. The fourth-order valence-corrected chi connectivity index (χ4v) is 3.87. The molecule has 5 atom stereocenters. The highest BCUT2D eigenvalue weighted by molar-refractivity contribution is 5.76. The van der Waals surface area contributed by atoms with Gasteiger partial charge in [-0.3, -0.25) is 0 Å². The number of ether oxygens (including phenoxy) is 2. The maximum atomic E-state index is 14.5. The first-order chi connectivity index (χ1) is 13.4. The summed E-state index contributed by atoms with van der Waals surface area (Å²) in [6.07, 6.45) is -4.32. The zero-order chi connectivity index (χ0) is 19.9. The molecule has 0 bridgehead atoms. The Hall–Kier alpha value is -2.32. The molecule has 2 aliphatic rings. The normalized spacial score (nSPS) is 31.8. The van der Waals surface area contributed by atoms with Gasteiger partial charge in [-0.15, -0.1) is 0 Å². The van der Waals surface area contributed by atoms with E-state index >= 15 is 0 Å². The van der Waals surface area contributed by atoms with Gasteiger partial charge in [0, 0.05) is 18.9 Å². The van der Waals surface area contributed by atoms with E-state index in [4.69, 9.17) is 9.47 Å². The number of halogens is 1. The fraction of sp³-hybridized carbons (Fsp3) is 0.381. The molecule has 2 aliphatic heterocycles. The molecule has 28 heavy (non-hydrogen) atoms. The van der Waals surface area contributed by atoms with Crippen molar-refractivity contribution in [3.05, 3.63) is 71.0 Å². The van der Waals surface area contributed by atoms with Gasteiger partial charge in [-0.2, -0.15) is 0 Å². The molecule has 1 saturated heterocycles. The van der Waals surface area contributed by atoms with E-state index in [1.54, 1.807) is 13.0 Å². The van der Waals surface area contributed by atoms with Crippen LogP contribution < -0.4 is 0 Å². The average molecular weight is 387 g/mol. The lowest BCUT2D eigenvalue weighted by molar-refractivity contribution is -0.262. The molecule has 7 heteroatoms. The highest BCUT2D eigenvalue weighted by Crippen LogP contribution is 2.45. The lowest BCUT2D eigenvalue weighted by Gasteiger charge is -2.44. The minimum absolute atomic E-state index is 0.281. The Labute approximate surface area is 161 Å². The van der Waals surface area contributed by atoms with Gasteiger partial charge >= 0.3 is 0 Å². The number of hydrogen-bond donors (Lipinski definition) is 3. The third kappa shape index (κ3) is 3.10. The smallest absolute Gasteiger partial charge is 0.228 e. The van der Waals surface area contributed by atoms with E-state index in [0.717, 1.165) is 5.56 Å². The number of aliphatic hydroxyl groups is 3. The molecule has 0 aromatic heterocycles. The molecule has 0 spiro atoms. The first kappa shape index (κ1) is 19.0. The Kier molecular flexibility index (Phi) is 4.93. The van der Waals surface area contributed by atoms with Gasteiger partial charge in [-0.1, -0.05) is 36.4 Å². The summed E-state index contributed by atoms with van der Waals surface area (Å²) in [6, 6.07) is 14.0. The maximum Gasteiger partial charge on any atom is 0.228 e. The van der Waals surface area contributed by atoms with Crippen molar-refractivity contribution in [2.45, 2.75) is 43.5 Å². The number of benzene rings is 2. The molecule has 1 fully saturated rings. The summed E-state index contributed by atoms with van der Waals surface area (Å²) in [5.41, 5.74) is 0.422. The number of nitrogens with zero attached hydrogens (tertiary/aromatic N) is 1. The van der Waals surface area contributed by atoms with Crippen LogP contribution in [0.4, 0.5) is 4.39 Å². The topological polar surface area (TPSA) is 91.5 Å². The molecule has 0 radical (unpaired) electrons. The molecular weight excluding hydrogens is 365 g/mol. The fourth-order valence-electron chi connectivity index (χ4n) is 3.87. The van der Waals surface area contributed by atoms with Gasteiger partial charge in [0.2, 0.25) is 5.72 Å². The highest BCUT2D eigenvalue weighted by Gasteiger charge is 2.59. The molecule has 3 N–H and O–H groups in total. The first-order valence-corrected chi connectivity index (χ1v) is 9.15. The van der Waals surface area contributed by atoms with Crippen LogP contribution in [0.5, 0.6) is 0 Å². The molecule has 4 rings (SSSR count). The van der Waals surface area contributed by atoms with E-state index in [9.17, 15) is 19.7 Å². The van der Waals surface area contributed by atoms with E-state index in [-0.39, 0.29) is 11.7 Å². The van der Waals surface area contributed by atoms with E-state index in [0.29, 0.717) is 17.5 Å². The van der Waals surface area contributed by atoms with Gasteiger partial charge in [0.25, 0.3) is 0 Å². The molecule has 148 valence electrons. The number of aliphatic imine (C=N–C) groups is 1. The predicted molar refractivity (Wildman–Crippen MR) is 99.3 cm³/mol. The second-order valence-electron chi connectivity index (χ2n) is 7.15. The SMILES string of the molecule is CC1=NC2(c3ccc(F)c(Cc4ccccc4)c3)O[C@H](CO)[C@@H](O)[C@H](O)C2O1. The van der Waals surface area contributed by atoms with Crippen LogP contribution in [0.1, 0.15) is 23.6 Å². The Bertz CT molecular complexity index is 890. The van der Waals surface area contributed by atoms with Crippen molar-refractivity contribution in [3.63, 3.8) is 0 Å². The number of aliphatic hydroxyl groups excluding tert-OH is 3. The monoisotopic (exact) mass is 387 g/mol. The van der Waals surface area contributed by atoms with Crippen molar-refractivity contribution < 1.29 is 29.2 Å². The van der Waals surface area contributed by atoms with Crippen LogP contribution >= 0.6 is 0 Å². The van der Waals surface area contributed by atoms with Crippen LogP contribution in [0.3, 0.4) is 0 Å². The van der Waals surface area contributed by atoms with E-state index < -0.39 is 36.7 Å². The van der Waals surface area contributed by atoms with Gasteiger partial charge in [0.15, 0.2) is 12.0 Å². The van der Waals surface area contributed by atoms with E-state index in [1.807, 2.05) is 30.3 Å². The van der Waals surface area contributed by atoms with Crippen LogP contribution in [0, 0.1) is 5.82 Å². The van der Waals surface area contributed by atoms with Gasteiger partial charge in [-0.05, 0) is 23.3 Å². The number of rotatable bonds is 4. The van der Waals surface area contributed by atoms with Crippen molar-refractivity contribution in [1.82, 2.24) is 0 Å². The number of hydrogen-bond acceptors (Lipinski definition) is 6. The van der Waals surface area contributed by atoms with Crippen molar-refractivity contribution in [3.8, 4) is 0 Å². The molecule has 6 nitrogen and oxygen atoms in total. The molecule has 2 aromatic carbocycles. The predicted octanol–water partition coefficient (Wildman–Crippen LogP) is 1.50. The second-order valence-corrected chi connectivity index (χ2v) is 7.15. The largest absolute Gasteiger partial charge is 0.469 e. The molecular formula is C21H22FNO5. The van der Waals surface area contributed by atoms with Gasteiger partial charge in [0.1, 0.15) is 24.1 Å². The first-order valence-electron chi connectivity index (χ1n) is 9.15. The van der Waals surface area contributed by atoms with E-state index in [1.165, 1.54) is 12.1 Å². The summed E-state index contributed by atoms with van der Waals surface area (Å²) in [7, 11) is 0. The van der Waals surface area contributed by atoms with Gasteiger partial charge in [0.05, 0.1) is 6.61 Å². The molecule has 2 unspecified atom stereocenters. The summed E-state index contributed by atoms with van der Waals surface area (Å²) < 4.78 is 26.0. The van der Waals surface area contributed by atoms with Gasteiger partial charge < -0.3 is 24.8 Å². The summed E-state index contributed by atoms with van der Waals surface area (Å²) in [5, 5.41) is 30.3. The average Bonchev–Trinajstić information content (AvgIpc) is 3.04. The van der Waals surface area contributed by atoms with Crippen LogP contribution in [-0.4, -0.2) is 52.2 Å². The highest BCUT2D eigenvalue weighted by atomic mass is 19.1. The second kappa shape index (κ2) is 7.25. The molecule has 0 aliphatic carbocycles. The Morgan fingerprint density at radius 3 is 2.57 bits per heavy atom. The maximum absolute atomic E-state index is 14.5. The van der Waals surface area contributed by atoms with Crippen LogP contribution in [0.15, 0.2) is 53.5 Å². The minimum Gasteiger partial charge on any atom is -0.469 e. The summed E-state index contributed by atoms with van der Waals surface area (Å²) in [4.78, 5) is 4.44. The van der Waals surface area contributed by atoms with Gasteiger partial charge in [-0.25, -0.2) is 9.38 Å². The summed E-state index contributed by atoms with van der Waals surface area (Å²) in [5.74, 6) is -0.0842. The Morgan fingerprint density at radius 2 is 1.86 bits per heavy atom. The third-order valence-corrected chi connectivity index (χ3v) is 5.26. The van der Waals surface area contributed by atoms with Crippen molar-refractivity contribution in [2.24, 2.45) is 4.99 Å². The minimum atomic E-state index is -1.46. The molecule has 2 aromatic rings. The molecule has 2 heterocycles. The van der Waals surface area contributed by atoms with Crippen LogP contribution in [0.25, 0.3) is 0 Å². The van der Waals surface area contributed by atoms with Crippen LogP contribution in [-0.2, 0) is 21.6 Å². The molecule has 0 amide bonds. The number of fused-ring (bicyclic) bond motifs is 1. The summed E-state index contributed by atoms with van der Waals surface area (Å²) in [6.45, 7) is 1.12. The lowest BCUT2D eigenvalue weighted by atomic mass is 9.85. The quantitative estimate of drug-likeness (QED) is 0.740. The van der Waals surface area contributed by atoms with Crippen molar-refractivity contribution in [1.29, 1.82) is 0 Å². The van der Waals surface area contributed by atoms with E-state index in [2.05, 4.69) is 4.99 Å². The summed E-state index contributed by atoms with van der Waals surface area (Å²) >= 11 is 0. The zero-order valence-corrected chi connectivity index (χ0v) is 15.3.